The number of benzene rings is 3. The van der Waals surface area contributed by atoms with Crippen LogP contribution in [0.15, 0.2) is 71.2 Å². The predicted octanol–water partition coefficient (Wildman–Crippen LogP) is 5.91. The van der Waals surface area contributed by atoms with Gasteiger partial charge in [0, 0.05) is 36.8 Å². The molecule has 0 saturated carbocycles. The number of nitrogens with zero attached hydrogens (tertiary/aromatic N) is 1. The third-order valence-corrected chi connectivity index (χ3v) is 6.20. The van der Waals surface area contributed by atoms with Gasteiger partial charge in [-0.05, 0) is 77.3 Å². The predicted molar refractivity (Wildman–Crippen MR) is 123 cm³/mol. The standard InChI is InChI=1S/C25H23BrF2N2O2/c26-21-4-1-2-7-24(21)32-19-10-8-17(9-11-19)25(31)29-18-12-14-30(15-13-18)16-20-22(27)5-3-6-23(20)28/h1-11,18H,12-16H2,(H,29,31). The SMILES string of the molecule is O=C(NC1CCN(Cc2c(F)cccc2F)CC1)c1ccc(Oc2ccccc2Br)cc1. The summed E-state index contributed by atoms with van der Waals surface area (Å²) in [6, 6.07) is 18.5. The van der Waals surface area contributed by atoms with Gasteiger partial charge in [0.15, 0.2) is 0 Å². The van der Waals surface area contributed by atoms with Crippen molar-refractivity contribution in [2.24, 2.45) is 0 Å². The van der Waals surface area contributed by atoms with Crippen LogP contribution < -0.4 is 10.1 Å². The van der Waals surface area contributed by atoms with Gasteiger partial charge in [0.05, 0.1) is 4.47 Å². The molecule has 1 heterocycles. The molecule has 3 aromatic rings. The van der Waals surface area contributed by atoms with E-state index in [0.717, 1.165) is 17.3 Å². The van der Waals surface area contributed by atoms with Gasteiger partial charge in [-0.25, -0.2) is 8.78 Å². The number of carbonyl (C=O) groups is 1. The van der Waals surface area contributed by atoms with Crippen LogP contribution in [0.3, 0.4) is 0 Å². The topological polar surface area (TPSA) is 41.6 Å². The maximum atomic E-state index is 13.9. The highest BCUT2D eigenvalue weighted by Crippen LogP contribution is 2.29. The smallest absolute Gasteiger partial charge is 0.251 e. The lowest BCUT2D eigenvalue weighted by Crippen LogP contribution is -2.44. The molecule has 0 aromatic heterocycles. The Morgan fingerprint density at radius 2 is 1.62 bits per heavy atom. The van der Waals surface area contributed by atoms with Crippen LogP contribution in [0, 0.1) is 11.6 Å². The molecule has 0 aliphatic carbocycles. The van der Waals surface area contributed by atoms with Crippen LogP contribution in [0.4, 0.5) is 8.78 Å². The number of likely N-dealkylation sites (tertiary alicyclic amines) is 1. The van der Waals surface area contributed by atoms with Crippen molar-refractivity contribution in [2.75, 3.05) is 13.1 Å². The zero-order valence-corrected chi connectivity index (χ0v) is 18.9. The molecule has 0 bridgehead atoms. The van der Waals surface area contributed by atoms with Crippen molar-refractivity contribution in [2.45, 2.75) is 25.4 Å². The summed E-state index contributed by atoms with van der Waals surface area (Å²) in [5, 5.41) is 3.06. The number of hydrogen-bond acceptors (Lipinski definition) is 3. The third-order valence-electron chi connectivity index (χ3n) is 5.55. The fraction of sp³-hybridized carbons (Fsp3) is 0.240. The lowest BCUT2D eigenvalue weighted by Gasteiger charge is -2.32. The molecule has 0 spiro atoms. The molecule has 7 heteroatoms. The Bertz CT molecular complexity index is 1060. The Labute approximate surface area is 194 Å². The Hall–Kier alpha value is -2.77. The van der Waals surface area contributed by atoms with Gasteiger partial charge in [-0.15, -0.1) is 0 Å². The van der Waals surface area contributed by atoms with E-state index in [9.17, 15) is 13.6 Å². The summed E-state index contributed by atoms with van der Waals surface area (Å²) in [6.07, 6.45) is 1.45. The normalized spacial score (nSPS) is 14.8. The summed E-state index contributed by atoms with van der Waals surface area (Å²) in [4.78, 5) is 14.6. The van der Waals surface area contributed by atoms with Crippen LogP contribution in [0.25, 0.3) is 0 Å². The van der Waals surface area contributed by atoms with E-state index in [0.29, 0.717) is 30.2 Å². The maximum absolute atomic E-state index is 13.9. The summed E-state index contributed by atoms with van der Waals surface area (Å²) in [5.74, 6) is 0.157. The van der Waals surface area contributed by atoms with Gasteiger partial charge < -0.3 is 10.1 Å². The minimum atomic E-state index is -0.521. The van der Waals surface area contributed by atoms with E-state index >= 15 is 0 Å². The van der Waals surface area contributed by atoms with E-state index in [1.807, 2.05) is 29.2 Å². The third kappa shape index (κ3) is 5.53. The number of amides is 1. The maximum Gasteiger partial charge on any atom is 0.251 e. The zero-order chi connectivity index (χ0) is 22.5. The van der Waals surface area contributed by atoms with Crippen LogP contribution in [-0.4, -0.2) is 29.9 Å². The van der Waals surface area contributed by atoms with Crippen LogP contribution >= 0.6 is 15.9 Å². The number of ether oxygens (including phenoxy) is 1. The van der Waals surface area contributed by atoms with Crippen molar-refractivity contribution in [3.8, 4) is 11.5 Å². The van der Waals surface area contributed by atoms with Crippen LogP contribution in [0.2, 0.25) is 0 Å². The molecule has 3 aromatic carbocycles. The van der Waals surface area contributed by atoms with E-state index in [2.05, 4.69) is 21.2 Å². The fourth-order valence-corrected chi connectivity index (χ4v) is 4.11. The quantitative estimate of drug-likeness (QED) is 0.457. The second-order valence-corrected chi connectivity index (χ2v) is 8.64. The summed E-state index contributed by atoms with van der Waals surface area (Å²) < 4.78 is 34.4. The number of nitrogens with one attached hydrogen (secondary N) is 1. The Kier molecular flexibility index (Phi) is 7.17. The average Bonchev–Trinajstić information content (AvgIpc) is 2.79. The Morgan fingerprint density at radius 1 is 0.969 bits per heavy atom. The van der Waals surface area contributed by atoms with Crippen LogP contribution in [0.5, 0.6) is 11.5 Å². The molecular weight excluding hydrogens is 478 g/mol. The molecule has 1 aliphatic rings. The molecule has 166 valence electrons. The van der Waals surface area contributed by atoms with Gasteiger partial charge in [0.1, 0.15) is 23.1 Å². The molecule has 0 radical (unpaired) electrons. The van der Waals surface area contributed by atoms with E-state index in [4.69, 9.17) is 4.74 Å². The second-order valence-electron chi connectivity index (χ2n) is 7.78. The largest absolute Gasteiger partial charge is 0.456 e. The van der Waals surface area contributed by atoms with Crippen molar-refractivity contribution in [3.05, 3.63) is 94.0 Å². The highest BCUT2D eigenvalue weighted by Gasteiger charge is 2.23. The first kappa shape index (κ1) is 22.4. The summed E-state index contributed by atoms with van der Waals surface area (Å²) in [6.45, 7) is 1.56. The number of halogens is 3. The van der Waals surface area contributed by atoms with Gasteiger partial charge in [-0.2, -0.15) is 0 Å². The molecule has 4 nitrogen and oxygen atoms in total. The highest BCUT2D eigenvalue weighted by atomic mass is 79.9. The monoisotopic (exact) mass is 500 g/mol. The van der Waals surface area contributed by atoms with Gasteiger partial charge in [0.2, 0.25) is 0 Å². The first-order valence-corrected chi connectivity index (χ1v) is 11.3. The molecule has 4 rings (SSSR count). The van der Waals surface area contributed by atoms with Crippen molar-refractivity contribution < 1.29 is 18.3 Å². The van der Waals surface area contributed by atoms with Gasteiger partial charge in [-0.1, -0.05) is 18.2 Å². The van der Waals surface area contributed by atoms with Crippen molar-refractivity contribution >= 4 is 21.8 Å². The van der Waals surface area contributed by atoms with E-state index < -0.39 is 11.6 Å². The van der Waals surface area contributed by atoms with Gasteiger partial charge in [0.25, 0.3) is 5.91 Å². The molecule has 0 unspecified atom stereocenters. The first-order chi connectivity index (χ1) is 15.5. The lowest BCUT2D eigenvalue weighted by atomic mass is 10.0. The molecular formula is C25H23BrF2N2O2. The highest BCUT2D eigenvalue weighted by molar-refractivity contribution is 9.10. The number of carbonyl (C=O) groups excluding carboxylic acids is 1. The van der Waals surface area contributed by atoms with Crippen LogP contribution in [-0.2, 0) is 6.54 Å². The summed E-state index contributed by atoms with van der Waals surface area (Å²) >= 11 is 3.45. The van der Waals surface area contributed by atoms with Crippen molar-refractivity contribution in [3.63, 3.8) is 0 Å². The molecule has 1 saturated heterocycles. The van der Waals surface area contributed by atoms with Crippen LogP contribution in [0.1, 0.15) is 28.8 Å². The fourth-order valence-electron chi connectivity index (χ4n) is 3.74. The molecule has 1 fully saturated rings. The summed E-state index contributed by atoms with van der Waals surface area (Å²) in [5.41, 5.74) is 0.653. The van der Waals surface area contributed by atoms with Gasteiger partial charge >= 0.3 is 0 Å². The van der Waals surface area contributed by atoms with E-state index in [1.165, 1.54) is 18.2 Å². The number of rotatable bonds is 6. The minimum absolute atomic E-state index is 0.0282. The van der Waals surface area contributed by atoms with Crippen molar-refractivity contribution in [1.29, 1.82) is 0 Å². The molecule has 32 heavy (non-hydrogen) atoms. The average molecular weight is 501 g/mol. The number of hydrogen-bond donors (Lipinski definition) is 1. The van der Waals surface area contributed by atoms with Gasteiger partial charge in [-0.3, -0.25) is 9.69 Å². The van der Waals surface area contributed by atoms with Crippen molar-refractivity contribution in [1.82, 2.24) is 10.2 Å². The molecule has 0 atom stereocenters. The second kappa shape index (κ2) is 10.2. The molecule has 1 N–H and O–H groups in total. The van der Waals surface area contributed by atoms with E-state index in [1.54, 1.807) is 24.3 Å². The Balaban J connectivity index is 1.28. The number of para-hydroxylation sites is 1. The minimum Gasteiger partial charge on any atom is -0.456 e. The molecule has 1 aliphatic heterocycles. The zero-order valence-electron chi connectivity index (χ0n) is 17.4. The van der Waals surface area contributed by atoms with E-state index in [-0.39, 0.29) is 24.1 Å². The summed E-state index contributed by atoms with van der Waals surface area (Å²) in [7, 11) is 0. The molecule has 1 amide bonds. The number of piperidine rings is 1. The lowest BCUT2D eigenvalue weighted by molar-refractivity contribution is 0.0908. The Morgan fingerprint density at radius 3 is 2.28 bits per heavy atom. The first-order valence-electron chi connectivity index (χ1n) is 10.5.